The summed E-state index contributed by atoms with van der Waals surface area (Å²) in [6, 6.07) is 7.70. The van der Waals surface area contributed by atoms with E-state index in [4.69, 9.17) is 9.15 Å². The van der Waals surface area contributed by atoms with Crippen LogP contribution < -0.4 is 4.74 Å². The molecule has 0 aliphatic carbocycles. The number of nitrogens with zero attached hydrogens (tertiary/aromatic N) is 2. The van der Waals surface area contributed by atoms with E-state index in [9.17, 15) is 0 Å². The maximum atomic E-state index is 5.79. The first-order valence-corrected chi connectivity index (χ1v) is 6.79. The molecule has 0 saturated carbocycles. The summed E-state index contributed by atoms with van der Waals surface area (Å²) in [6.45, 7) is 12.2. The van der Waals surface area contributed by atoms with Gasteiger partial charge in [-0.3, -0.25) is 0 Å². The molecule has 1 heterocycles. The highest BCUT2D eigenvalue weighted by atomic mass is 16.5. The molecule has 2 rings (SSSR count). The SMILES string of the molecule is CC(C)(C)Oc1ccc(-c2nnc(C(C)(C)C)o2)cc1. The van der Waals surface area contributed by atoms with Crippen LogP contribution in [-0.2, 0) is 5.41 Å². The zero-order valence-electron chi connectivity index (χ0n) is 13.0. The van der Waals surface area contributed by atoms with Crippen LogP contribution in [0.5, 0.6) is 5.75 Å². The van der Waals surface area contributed by atoms with Crippen LogP contribution in [-0.4, -0.2) is 15.8 Å². The van der Waals surface area contributed by atoms with Crippen LogP contribution >= 0.6 is 0 Å². The van der Waals surface area contributed by atoms with Gasteiger partial charge in [0.1, 0.15) is 11.4 Å². The Bertz CT molecular complexity index is 572. The molecule has 0 saturated heterocycles. The molecule has 0 bridgehead atoms. The topological polar surface area (TPSA) is 48.2 Å². The molecule has 0 fully saturated rings. The van der Waals surface area contributed by atoms with Crippen molar-refractivity contribution in [2.24, 2.45) is 0 Å². The third kappa shape index (κ3) is 3.59. The second kappa shape index (κ2) is 4.93. The molecular formula is C16H22N2O2. The van der Waals surface area contributed by atoms with Crippen molar-refractivity contribution in [1.29, 1.82) is 0 Å². The highest BCUT2D eigenvalue weighted by Crippen LogP contribution is 2.27. The minimum Gasteiger partial charge on any atom is -0.488 e. The normalized spacial score (nSPS) is 12.5. The van der Waals surface area contributed by atoms with Crippen LogP contribution in [0.3, 0.4) is 0 Å². The summed E-state index contributed by atoms with van der Waals surface area (Å²) < 4.78 is 11.5. The van der Waals surface area contributed by atoms with Gasteiger partial charge in [-0.15, -0.1) is 10.2 Å². The quantitative estimate of drug-likeness (QED) is 0.823. The van der Waals surface area contributed by atoms with Gasteiger partial charge >= 0.3 is 0 Å². The maximum absolute atomic E-state index is 5.79. The molecule has 0 radical (unpaired) electrons. The number of rotatable bonds is 2. The van der Waals surface area contributed by atoms with Gasteiger partial charge in [0.2, 0.25) is 11.8 Å². The summed E-state index contributed by atoms with van der Waals surface area (Å²) >= 11 is 0. The summed E-state index contributed by atoms with van der Waals surface area (Å²) in [5.74, 6) is 2.01. The van der Waals surface area contributed by atoms with Crippen LogP contribution in [0.25, 0.3) is 11.5 Å². The Labute approximate surface area is 120 Å². The van der Waals surface area contributed by atoms with Gasteiger partial charge in [0.15, 0.2) is 0 Å². The molecule has 0 N–H and O–H groups in total. The highest BCUT2D eigenvalue weighted by Gasteiger charge is 2.22. The van der Waals surface area contributed by atoms with Crippen molar-refractivity contribution in [1.82, 2.24) is 10.2 Å². The van der Waals surface area contributed by atoms with Gasteiger partial charge in [0.05, 0.1) is 0 Å². The van der Waals surface area contributed by atoms with Gasteiger partial charge < -0.3 is 9.15 Å². The fourth-order valence-electron chi connectivity index (χ4n) is 1.66. The lowest BCUT2D eigenvalue weighted by Crippen LogP contribution is -2.22. The van der Waals surface area contributed by atoms with Crippen molar-refractivity contribution in [3.05, 3.63) is 30.2 Å². The van der Waals surface area contributed by atoms with E-state index in [-0.39, 0.29) is 11.0 Å². The van der Waals surface area contributed by atoms with Crippen LogP contribution in [0.2, 0.25) is 0 Å². The van der Waals surface area contributed by atoms with E-state index >= 15 is 0 Å². The fraction of sp³-hybridized carbons (Fsp3) is 0.500. The van der Waals surface area contributed by atoms with Crippen molar-refractivity contribution >= 4 is 0 Å². The van der Waals surface area contributed by atoms with E-state index in [0.29, 0.717) is 11.8 Å². The summed E-state index contributed by atoms with van der Waals surface area (Å²) in [5.41, 5.74) is 0.556. The Morgan fingerprint density at radius 3 is 1.95 bits per heavy atom. The average Bonchev–Trinajstić information content (AvgIpc) is 2.76. The van der Waals surface area contributed by atoms with E-state index < -0.39 is 0 Å². The molecule has 1 aromatic heterocycles. The van der Waals surface area contributed by atoms with Gasteiger partial charge in [-0.25, -0.2) is 0 Å². The van der Waals surface area contributed by atoms with Crippen LogP contribution in [0.4, 0.5) is 0 Å². The lowest BCUT2D eigenvalue weighted by atomic mass is 9.97. The summed E-state index contributed by atoms with van der Waals surface area (Å²) in [5, 5.41) is 8.20. The highest BCUT2D eigenvalue weighted by molar-refractivity contribution is 5.54. The first-order chi connectivity index (χ1) is 9.15. The molecular weight excluding hydrogens is 252 g/mol. The van der Waals surface area contributed by atoms with Crippen molar-refractivity contribution in [3.8, 4) is 17.2 Å². The predicted octanol–water partition coefficient (Wildman–Crippen LogP) is 4.21. The summed E-state index contributed by atoms with van der Waals surface area (Å²) in [4.78, 5) is 0. The smallest absolute Gasteiger partial charge is 0.247 e. The van der Waals surface area contributed by atoms with E-state index in [1.165, 1.54) is 0 Å². The molecule has 0 spiro atoms. The average molecular weight is 274 g/mol. The standard InChI is InChI=1S/C16H22N2O2/c1-15(2,3)14-18-17-13(19-14)11-7-9-12(10-8-11)20-16(4,5)6/h7-10H,1-6H3. The van der Waals surface area contributed by atoms with Gasteiger partial charge in [0.25, 0.3) is 0 Å². The maximum Gasteiger partial charge on any atom is 0.247 e. The predicted molar refractivity (Wildman–Crippen MR) is 78.8 cm³/mol. The minimum absolute atomic E-state index is 0.138. The number of hydrogen-bond acceptors (Lipinski definition) is 4. The Hall–Kier alpha value is -1.84. The Kier molecular flexibility index (Phi) is 3.59. The molecule has 4 heteroatoms. The first-order valence-electron chi connectivity index (χ1n) is 6.79. The molecule has 4 nitrogen and oxygen atoms in total. The number of benzene rings is 1. The van der Waals surface area contributed by atoms with Crippen molar-refractivity contribution in [2.45, 2.75) is 52.6 Å². The van der Waals surface area contributed by atoms with Crippen LogP contribution in [0, 0.1) is 0 Å². The minimum atomic E-state index is -0.203. The number of hydrogen-bond donors (Lipinski definition) is 0. The molecule has 2 aromatic rings. The zero-order valence-corrected chi connectivity index (χ0v) is 13.0. The molecule has 108 valence electrons. The van der Waals surface area contributed by atoms with Crippen LogP contribution in [0.15, 0.2) is 28.7 Å². The molecule has 20 heavy (non-hydrogen) atoms. The Morgan fingerprint density at radius 1 is 0.900 bits per heavy atom. The zero-order chi connectivity index (χ0) is 15.0. The van der Waals surface area contributed by atoms with Gasteiger partial charge in [-0.05, 0) is 45.0 Å². The van der Waals surface area contributed by atoms with Crippen molar-refractivity contribution in [3.63, 3.8) is 0 Å². The first kappa shape index (κ1) is 14.6. The fourth-order valence-corrected chi connectivity index (χ4v) is 1.66. The molecule has 0 amide bonds. The van der Waals surface area contributed by atoms with Crippen molar-refractivity contribution in [2.75, 3.05) is 0 Å². The lowest BCUT2D eigenvalue weighted by molar-refractivity contribution is 0.131. The molecule has 0 atom stereocenters. The van der Waals surface area contributed by atoms with Gasteiger partial charge in [0, 0.05) is 11.0 Å². The van der Waals surface area contributed by atoms with E-state index in [1.54, 1.807) is 0 Å². The third-order valence-corrected chi connectivity index (χ3v) is 2.59. The Morgan fingerprint density at radius 2 is 1.50 bits per heavy atom. The third-order valence-electron chi connectivity index (χ3n) is 2.59. The molecule has 1 aromatic carbocycles. The van der Waals surface area contributed by atoms with Crippen molar-refractivity contribution < 1.29 is 9.15 Å². The monoisotopic (exact) mass is 274 g/mol. The second-order valence-electron chi connectivity index (χ2n) is 6.90. The largest absolute Gasteiger partial charge is 0.488 e. The van der Waals surface area contributed by atoms with E-state index in [2.05, 4.69) is 10.2 Å². The van der Waals surface area contributed by atoms with E-state index in [0.717, 1.165) is 11.3 Å². The van der Waals surface area contributed by atoms with Gasteiger partial charge in [-0.2, -0.15) is 0 Å². The summed E-state index contributed by atoms with van der Waals surface area (Å²) in [6.07, 6.45) is 0. The van der Waals surface area contributed by atoms with Gasteiger partial charge in [-0.1, -0.05) is 20.8 Å². The molecule has 0 unspecified atom stereocenters. The van der Waals surface area contributed by atoms with E-state index in [1.807, 2.05) is 65.8 Å². The van der Waals surface area contributed by atoms with Crippen LogP contribution in [0.1, 0.15) is 47.4 Å². The molecule has 0 aliphatic heterocycles. The molecule has 0 aliphatic rings. The Balaban J connectivity index is 2.20. The number of ether oxygens (including phenoxy) is 1. The summed E-state index contributed by atoms with van der Waals surface area (Å²) in [7, 11) is 0. The lowest BCUT2D eigenvalue weighted by Gasteiger charge is -2.21. The number of aromatic nitrogens is 2. The second-order valence-corrected chi connectivity index (χ2v) is 6.90.